The number of carbonyl (C=O) groups is 1. The summed E-state index contributed by atoms with van der Waals surface area (Å²) in [6.07, 6.45) is 0. The molecule has 14 heavy (non-hydrogen) atoms. The summed E-state index contributed by atoms with van der Waals surface area (Å²) in [6, 6.07) is 3.37. The van der Waals surface area contributed by atoms with Crippen molar-refractivity contribution in [2.24, 2.45) is 0 Å². The number of nitro benzene ring substituents is 1. The number of Topliss-reactive ketones (excluding diaryl/α,β-unsaturated/α-hetero) is 1. The van der Waals surface area contributed by atoms with Gasteiger partial charge >= 0.3 is 0 Å². The molecule has 0 aliphatic rings. The Hall–Kier alpha value is -1.71. The fraction of sp³-hybridized carbons (Fsp3) is 0.300. The third kappa shape index (κ3) is 1.64. The van der Waals surface area contributed by atoms with Crippen LogP contribution in [0.3, 0.4) is 0 Å². The molecule has 0 N–H and O–H groups in total. The van der Waals surface area contributed by atoms with Gasteiger partial charge in [0.05, 0.1) is 10.5 Å². The first-order chi connectivity index (χ1) is 6.45. The number of benzene rings is 1. The maximum Gasteiger partial charge on any atom is 0.283 e. The van der Waals surface area contributed by atoms with Crippen LogP contribution in [0.2, 0.25) is 0 Å². The van der Waals surface area contributed by atoms with E-state index in [9.17, 15) is 14.9 Å². The molecule has 4 nitrogen and oxygen atoms in total. The second kappa shape index (κ2) is 3.57. The maximum absolute atomic E-state index is 11.2. The van der Waals surface area contributed by atoms with E-state index in [-0.39, 0.29) is 17.0 Å². The molecule has 0 aliphatic heterocycles. The summed E-state index contributed by atoms with van der Waals surface area (Å²) < 4.78 is 0. The van der Waals surface area contributed by atoms with Crippen LogP contribution in [-0.4, -0.2) is 10.7 Å². The van der Waals surface area contributed by atoms with Crippen LogP contribution in [0.15, 0.2) is 12.1 Å². The standard InChI is InChI=1S/C10H11NO3/c1-6-4-5-7(2)10(11(13)14)9(6)8(3)12/h4-5H,1-3H3. The quantitative estimate of drug-likeness (QED) is 0.411. The maximum atomic E-state index is 11.2. The highest BCUT2D eigenvalue weighted by Crippen LogP contribution is 2.26. The number of nitrogens with zero attached hydrogens (tertiary/aromatic N) is 1. The molecule has 1 aromatic rings. The molecule has 0 heterocycles. The van der Waals surface area contributed by atoms with Gasteiger partial charge in [-0.3, -0.25) is 14.9 Å². The van der Waals surface area contributed by atoms with E-state index >= 15 is 0 Å². The highest BCUT2D eigenvalue weighted by atomic mass is 16.6. The van der Waals surface area contributed by atoms with Gasteiger partial charge in [-0.15, -0.1) is 0 Å². The van der Waals surface area contributed by atoms with Crippen LogP contribution in [0, 0.1) is 24.0 Å². The average molecular weight is 193 g/mol. The zero-order valence-electron chi connectivity index (χ0n) is 8.33. The van der Waals surface area contributed by atoms with Gasteiger partial charge in [-0.05, 0) is 26.3 Å². The molecule has 0 aromatic heterocycles. The second-order valence-electron chi connectivity index (χ2n) is 3.24. The van der Waals surface area contributed by atoms with Crippen LogP contribution >= 0.6 is 0 Å². The van der Waals surface area contributed by atoms with E-state index in [1.807, 2.05) is 0 Å². The Kier molecular flexibility index (Phi) is 2.65. The Bertz CT molecular complexity index is 371. The van der Waals surface area contributed by atoms with Gasteiger partial charge in [0.1, 0.15) is 0 Å². The largest absolute Gasteiger partial charge is 0.294 e. The molecule has 0 saturated heterocycles. The van der Waals surface area contributed by atoms with Crippen molar-refractivity contribution in [2.45, 2.75) is 20.8 Å². The van der Waals surface area contributed by atoms with Gasteiger partial charge in [0.2, 0.25) is 0 Å². The first-order valence-electron chi connectivity index (χ1n) is 4.20. The van der Waals surface area contributed by atoms with Gasteiger partial charge in [0.15, 0.2) is 5.78 Å². The number of hydrogen-bond acceptors (Lipinski definition) is 3. The highest BCUT2D eigenvalue weighted by Gasteiger charge is 2.21. The van der Waals surface area contributed by atoms with E-state index in [1.165, 1.54) is 6.92 Å². The third-order valence-electron chi connectivity index (χ3n) is 2.12. The Labute approximate surface area is 81.7 Å². The number of nitro groups is 1. The van der Waals surface area contributed by atoms with Gasteiger partial charge in [-0.1, -0.05) is 12.1 Å². The highest BCUT2D eigenvalue weighted by molar-refractivity contribution is 6.00. The average Bonchev–Trinajstić information content (AvgIpc) is 2.07. The Morgan fingerprint density at radius 1 is 1.29 bits per heavy atom. The molecule has 0 saturated carbocycles. The lowest BCUT2D eigenvalue weighted by Gasteiger charge is -2.05. The molecule has 0 bridgehead atoms. The minimum Gasteiger partial charge on any atom is -0.294 e. The summed E-state index contributed by atoms with van der Waals surface area (Å²) in [5, 5.41) is 10.8. The molecular weight excluding hydrogens is 182 g/mol. The summed E-state index contributed by atoms with van der Waals surface area (Å²) >= 11 is 0. The van der Waals surface area contributed by atoms with Crippen molar-refractivity contribution in [1.29, 1.82) is 0 Å². The Balaban J connectivity index is 3.58. The molecule has 1 aromatic carbocycles. The molecule has 0 radical (unpaired) electrons. The molecule has 74 valence electrons. The lowest BCUT2D eigenvalue weighted by molar-refractivity contribution is -0.385. The van der Waals surface area contributed by atoms with Crippen molar-refractivity contribution in [3.8, 4) is 0 Å². The number of ketones is 1. The number of rotatable bonds is 2. The van der Waals surface area contributed by atoms with E-state index in [0.29, 0.717) is 11.1 Å². The van der Waals surface area contributed by atoms with Gasteiger partial charge in [-0.2, -0.15) is 0 Å². The van der Waals surface area contributed by atoms with E-state index in [4.69, 9.17) is 0 Å². The second-order valence-corrected chi connectivity index (χ2v) is 3.24. The van der Waals surface area contributed by atoms with Gasteiger partial charge in [0, 0.05) is 5.56 Å². The van der Waals surface area contributed by atoms with Crippen molar-refractivity contribution in [3.63, 3.8) is 0 Å². The SMILES string of the molecule is CC(=O)c1c(C)ccc(C)c1[N+](=O)[O-]. The van der Waals surface area contributed by atoms with Crippen LogP contribution in [0.1, 0.15) is 28.4 Å². The number of aryl methyl sites for hydroxylation is 2. The van der Waals surface area contributed by atoms with Crippen molar-refractivity contribution in [3.05, 3.63) is 38.9 Å². The monoisotopic (exact) mass is 193 g/mol. The molecule has 0 atom stereocenters. The molecule has 0 aliphatic carbocycles. The lowest BCUT2D eigenvalue weighted by atomic mass is 10.00. The zero-order valence-corrected chi connectivity index (χ0v) is 8.33. The summed E-state index contributed by atoms with van der Waals surface area (Å²) in [6.45, 7) is 4.67. The van der Waals surface area contributed by atoms with Crippen LogP contribution in [0.5, 0.6) is 0 Å². The minimum atomic E-state index is -0.501. The summed E-state index contributed by atoms with van der Waals surface area (Å²) in [5.41, 5.74) is 1.31. The van der Waals surface area contributed by atoms with E-state index in [2.05, 4.69) is 0 Å². The van der Waals surface area contributed by atoms with Gasteiger partial charge < -0.3 is 0 Å². The van der Waals surface area contributed by atoms with Crippen LogP contribution in [0.4, 0.5) is 5.69 Å². The molecule has 0 spiro atoms. The van der Waals surface area contributed by atoms with Crippen LogP contribution in [0.25, 0.3) is 0 Å². The van der Waals surface area contributed by atoms with E-state index < -0.39 is 4.92 Å². The van der Waals surface area contributed by atoms with Gasteiger partial charge in [0.25, 0.3) is 5.69 Å². The van der Waals surface area contributed by atoms with E-state index in [0.717, 1.165) is 0 Å². The predicted octanol–water partition coefficient (Wildman–Crippen LogP) is 2.41. The molecular formula is C10H11NO3. The molecule has 0 unspecified atom stereocenters. The molecule has 1 rings (SSSR count). The summed E-state index contributed by atoms with van der Waals surface area (Å²) in [4.78, 5) is 21.5. The Morgan fingerprint density at radius 3 is 2.14 bits per heavy atom. The van der Waals surface area contributed by atoms with Gasteiger partial charge in [-0.25, -0.2) is 0 Å². The van der Waals surface area contributed by atoms with E-state index in [1.54, 1.807) is 26.0 Å². The minimum absolute atomic E-state index is 0.0718. The van der Waals surface area contributed by atoms with Crippen molar-refractivity contribution in [2.75, 3.05) is 0 Å². The third-order valence-corrected chi connectivity index (χ3v) is 2.12. The fourth-order valence-corrected chi connectivity index (χ4v) is 1.48. The lowest BCUT2D eigenvalue weighted by Crippen LogP contribution is -2.04. The van der Waals surface area contributed by atoms with Crippen LogP contribution < -0.4 is 0 Å². The first-order valence-corrected chi connectivity index (χ1v) is 4.20. The number of carbonyl (C=O) groups excluding carboxylic acids is 1. The molecule has 0 fully saturated rings. The normalized spacial score (nSPS) is 9.93. The van der Waals surface area contributed by atoms with Crippen molar-refractivity contribution >= 4 is 11.5 Å². The summed E-state index contributed by atoms with van der Waals surface area (Å²) in [5.74, 6) is -0.266. The zero-order chi connectivity index (χ0) is 10.9. The topological polar surface area (TPSA) is 60.2 Å². The summed E-state index contributed by atoms with van der Waals surface area (Å²) in [7, 11) is 0. The molecule has 0 amide bonds. The predicted molar refractivity (Wildman–Crippen MR) is 52.6 cm³/mol. The van der Waals surface area contributed by atoms with Crippen molar-refractivity contribution < 1.29 is 9.72 Å². The first kappa shape index (κ1) is 10.4. The Morgan fingerprint density at radius 2 is 1.79 bits per heavy atom. The van der Waals surface area contributed by atoms with Crippen molar-refractivity contribution in [1.82, 2.24) is 0 Å². The number of hydrogen-bond donors (Lipinski definition) is 0. The fourth-order valence-electron chi connectivity index (χ4n) is 1.48. The molecule has 4 heteroatoms. The van der Waals surface area contributed by atoms with Crippen LogP contribution in [-0.2, 0) is 0 Å². The smallest absolute Gasteiger partial charge is 0.283 e.